The monoisotopic (exact) mass is 340 g/mol. The highest BCUT2D eigenvalue weighted by Gasteiger charge is 2.33. The van der Waals surface area contributed by atoms with E-state index in [0.717, 1.165) is 22.0 Å². The van der Waals surface area contributed by atoms with Crippen LogP contribution in [0.4, 0.5) is 0 Å². The fourth-order valence-electron chi connectivity index (χ4n) is 3.37. The number of aromatic amines is 1. The SMILES string of the molecule is Cc1cc(C)c2cc(C(=O)N3CCOC[C@H]3c3nnc(C)o3)[nH]c2c1. The van der Waals surface area contributed by atoms with E-state index in [1.54, 1.807) is 11.8 Å². The van der Waals surface area contributed by atoms with Gasteiger partial charge in [-0.1, -0.05) is 6.07 Å². The Kier molecular flexibility index (Phi) is 3.80. The molecule has 7 heteroatoms. The summed E-state index contributed by atoms with van der Waals surface area (Å²) >= 11 is 0. The summed E-state index contributed by atoms with van der Waals surface area (Å²) in [4.78, 5) is 18.1. The third-order valence-corrected chi connectivity index (χ3v) is 4.54. The summed E-state index contributed by atoms with van der Waals surface area (Å²) in [6.07, 6.45) is 0. The topological polar surface area (TPSA) is 84.2 Å². The zero-order chi connectivity index (χ0) is 17.6. The number of H-pyrrole nitrogens is 1. The predicted molar refractivity (Wildman–Crippen MR) is 91.4 cm³/mol. The van der Waals surface area contributed by atoms with E-state index in [0.29, 0.717) is 37.2 Å². The van der Waals surface area contributed by atoms with Crippen molar-refractivity contribution >= 4 is 16.8 Å². The number of carbonyl (C=O) groups excluding carboxylic acids is 1. The molecule has 1 aliphatic rings. The van der Waals surface area contributed by atoms with E-state index in [9.17, 15) is 4.79 Å². The number of rotatable bonds is 2. The van der Waals surface area contributed by atoms with Crippen molar-refractivity contribution in [3.05, 3.63) is 46.8 Å². The van der Waals surface area contributed by atoms with Gasteiger partial charge < -0.3 is 19.0 Å². The number of aryl methyl sites for hydroxylation is 3. The Hall–Kier alpha value is -2.67. The first-order chi connectivity index (χ1) is 12.0. The lowest BCUT2D eigenvalue weighted by molar-refractivity contribution is -0.0108. The van der Waals surface area contributed by atoms with Gasteiger partial charge in [0.2, 0.25) is 11.8 Å². The molecule has 0 radical (unpaired) electrons. The minimum atomic E-state index is -0.364. The van der Waals surface area contributed by atoms with Crippen molar-refractivity contribution < 1.29 is 13.9 Å². The second-order valence-corrected chi connectivity index (χ2v) is 6.47. The first-order valence-electron chi connectivity index (χ1n) is 8.31. The van der Waals surface area contributed by atoms with Gasteiger partial charge in [-0.3, -0.25) is 4.79 Å². The molecule has 1 N–H and O–H groups in total. The van der Waals surface area contributed by atoms with Gasteiger partial charge in [-0.15, -0.1) is 10.2 Å². The largest absolute Gasteiger partial charge is 0.423 e. The van der Waals surface area contributed by atoms with E-state index in [4.69, 9.17) is 9.15 Å². The van der Waals surface area contributed by atoms with Crippen LogP contribution < -0.4 is 0 Å². The average Bonchev–Trinajstić information content (AvgIpc) is 3.20. The number of carbonyl (C=O) groups is 1. The van der Waals surface area contributed by atoms with E-state index in [2.05, 4.69) is 34.2 Å². The van der Waals surface area contributed by atoms with Gasteiger partial charge in [0.15, 0.2) is 0 Å². The van der Waals surface area contributed by atoms with Crippen LogP contribution in [-0.2, 0) is 4.74 Å². The van der Waals surface area contributed by atoms with Gasteiger partial charge in [0.05, 0.1) is 13.2 Å². The van der Waals surface area contributed by atoms with Gasteiger partial charge in [-0.2, -0.15) is 0 Å². The summed E-state index contributed by atoms with van der Waals surface area (Å²) in [6, 6.07) is 5.72. The average molecular weight is 340 g/mol. The highest BCUT2D eigenvalue weighted by atomic mass is 16.5. The smallest absolute Gasteiger partial charge is 0.271 e. The summed E-state index contributed by atoms with van der Waals surface area (Å²) in [5.74, 6) is 0.802. The lowest BCUT2D eigenvalue weighted by atomic mass is 10.1. The van der Waals surface area contributed by atoms with E-state index in [1.165, 1.54) is 0 Å². The fourth-order valence-corrected chi connectivity index (χ4v) is 3.37. The number of amides is 1. The first-order valence-corrected chi connectivity index (χ1v) is 8.31. The molecule has 0 spiro atoms. The van der Waals surface area contributed by atoms with Crippen molar-refractivity contribution in [1.82, 2.24) is 20.1 Å². The molecule has 1 aliphatic heterocycles. The molecule has 130 valence electrons. The van der Waals surface area contributed by atoms with Gasteiger partial charge in [0.1, 0.15) is 11.7 Å². The number of hydrogen-bond acceptors (Lipinski definition) is 5. The lowest BCUT2D eigenvalue weighted by Crippen LogP contribution is -2.43. The third kappa shape index (κ3) is 2.80. The molecule has 0 saturated carbocycles. The summed E-state index contributed by atoms with van der Waals surface area (Å²) in [5.41, 5.74) is 3.85. The van der Waals surface area contributed by atoms with Crippen LogP contribution in [0, 0.1) is 20.8 Å². The molecular formula is C18H20N4O3. The van der Waals surface area contributed by atoms with Gasteiger partial charge >= 0.3 is 0 Å². The van der Waals surface area contributed by atoms with E-state index >= 15 is 0 Å². The van der Waals surface area contributed by atoms with Crippen molar-refractivity contribution in [2.75, 3.05) is 19.8 Å². The molecule has 1 atom stereocenters. The van der Waals surface area contributed by atoms with Crippen LogP contribution in [0.15, 0.2) is 22.6 Å². The maximum Gasteiger partial charge on any atom is 0.271 e. The maximum atomic E-state index is 13.1. The quantitative estimate of drug-likeness (QED) is 0.775. The minimum absolute atomic E-state index is 0.0857. The van der Waals surface area contributed by atoms with Crippen molar-refractivity contribution in [2.24, 2.45) is 0 Å². The van der Waals surface area contributed by atoms with Crippen LogP contribution in [-0.4, -0.2) is 45.7 Å². The summed E-state index contributed by atoms with van der Waals surface area (Å²) in [5, 5.41) is 8.99. The van der Waals surface area contributed by atoms with Crippen LogP contribution in [0.25, 0.3) is 10.9 Å². The van der Waals surface area contributed by atoms with Gasteiger partial charge in [0.25, 0.3) is 5.91 Å². The molecule has 0 bridgehead atoms. The van der Waals surface area contributed by atoms with Gasteiger partial charge in [-0.25, -0.2) is 0 Å². The Bertz CT molecular complexity index is 943. The molecule has 0 unspecified atom stereocenters. The van der Waals surface area contributed by atoms with Crippen LogP contribution in [0.3, 0.4) is 0 Å². The first kappa shape index (κ1) is 15.8. The summed E-state index contributed by atoms with van der Waals surface area (Å²) in [7, 11) is 0. The fraction of sp³-hybridized carbons (Fsp3) is 0.389. The van der Waals surface area contributed by atoms with Crippen molar-refractivity contribution in [2.45, 2.75) is 26.8 Å². The molecule has 1 saturated heterocycles. The minimum Gasteiger partial charge on any atom is -0.423 e. The molecule has 4 rings (SSSR count). The maximum absolute atomic E-state index is 13.1. The third-order valence-electron chi connectivity index (χ3n) is 4.54. The number of hydrogen-bond donors (Lipinski definition) is 1. The standard InChI is InChI=1S/C18H20N4O3/c1-10-6-11(2)13-8-15(19-14(13)7-10)18(23)22-4-5-24-9-16(22)17-21-20-12(3)25-17/h6-8,16,19H,4-5,9H2,1-3H3/t16-/m0/s1. The molecule has 1 aromatic carbocycles. The normalized spacial score (nSPS) is 18.0. The second-order valence-electron chi connectivity index (χ2n) is 6.47. The highest BCUT2D eigenvalue weighted by Crippen LogP contribution is 2.27. The molecule has 1 amide bonds. The van der Waals surface area contributed by atoms with Gasteiger partial charge in [-0.05, 0) is 37.1 Å². The molecule has 3 aromatic rings. The molecule has 1 fully saturated rings. The molecule has 25 heavy (non-hydrogen) atoms. The number of aromatic nitrogens is 3. The van der Waals surface area contributed by atoms with E-state index in [1.807, 2.05) is 13.0 Å². The van der Waals surface area contributed by atoms with Crippen LogP contribution in [0.2, 0.25) is 0 Å². The van der Waals surface area contributed by atoms with Crippen LogP contribution >= 0.6 is 0 Å². The number of morpholine rings is 1. The zero-order valence-corrected chi connectivity index (χ0v) is 14.5. The molecule has 3 heterocycles. The van der Waals surface area contributed by atoms with Crippen LogP contribution in [0.1, 0.15) is 39.4 Å². The van der Waals surface area contributed by atoms with Crippen LogP contribution in [0.5, 0.6) is 0 Å². The Labute approximate surface area is 145 Å². The van der Waals surface area contributed by atoms with Crippen molar-refractivity contribution in [3.8, 4) is 0 Å². The Morgan fingerprint density at radius 2 is 2.08 bits per heavy atom. The van der Waals surface area contributed by atoms with E-state index in [-0.39, 0.29) is 11.9 Å². The Morgan fingerprint density at radius 1 is 1.24 bits per heavy atom. The summed E-state index contributed by atoms with van der Waals surface area (Å²) in [6.45, 7) is 7.16. The highest BCUT2D eigenvalue weighted by molar-refractivity contribution is 5.99. The number of nitrogens with zero attached hydrogens (tertiary/aromatic N) is 3. The zero-order valence-electron chi connectivity index (χ0n) is 14.5. The predicted octanol–water partition coefficient (Wildman–Crippen LogP) is 2.69. The number of benzene rings is 1. The second kappa shape index (κ2) is 6.00. The Balaban J connectivity index is 1.70. The number of nitrogens with one attached hydrogen (secondary N) is 1. The van der Waals surface area contributed by atoms with E-state index < -0.39 is 0 Å². The lowest BCUT2D eigenvalue weighted by Gasteiger charge is -2.33. The molecule has 7 nitrogen and oxygen atoms in total. The summed E-state index contributed by atoms with van der Waals surface area (Å²) < 4.78 is 11.1. The molecular weight excluding hydrogens is 320 g/mol. The molecule has 2 aromatic heterocycles. The Morgan fingerprint density at radius 3 is 2.84 bits per heavy atom. The number of ether oxygens (including phenoxy) is 1. The number of fused-ring (bicyclic) bond motifs is 1. The van der Waals surface area contributed by atoms with Crippen molar-refractivity contribution in [1.29, 1.82) is 0 Å². The van der Waals surface area contributed by atoms with Crippen molar-refractivity contribution in [3.63, 3.8) is 0 Å². The molecule has 0 aliphatic carbocycles. The van der Waals surface area contributed by atoms with Gasteiger partial charge in [0, 0.05) is 24.4 Å².